The minimum atomic E-state index is 0.159. The van der Waals surface area contributed by atoms with Crippen molar-refractivity contribution in [2.75, 3.05) is 18.1 Å². The van der Waals surface area contributed by atoms with E-state index >= 15 is 0 Å². The van der Waals surface area contributed by atoms with Gasteiger partial charge in [0.05, 0.1) is 0 Å². The SMILES string of the molecule is CCN(C1CC[SH+]CC1)C1CC(Cl)CC(C(C)=O)C1C. The van der Waals surface area contributed by atoms with Crippen LogP contribution < -0.4 is 0 Å². The Balaban J connectivity index is 2.11. The Morgan fingerprint density at radius 1 is 1.30 bits per heavy atom. The highest BCUT2D eigenvalue weighted by molar-refractivity contribution is 7.78. The molecule has 116 valence electrons. The Labute approximate surface area is 133 Å². The van der Waals surface area contributed by atoms with E-state index < -0.39 is 0 Å². The van der Waals surface area contributed by atoms with Crippen LogP contribution in [0, 0.1) is 11.8 Å². The van der Waals surface area contributed by atoms with Gasteiger partial charge in [0, 0.05) is 36.2 Å². The van der Waals surface area contributed by atoms with Crippen molar-refractivity contribution in [1.29, 1.82) is 0 Å². The fourth-order valence-corrected chi connectivity index (χ4v) is 5.70. The normalized spacial score (nSPS) is 36.2. The van der Waals surface area contributed by atoms with Crippen LogP contribution in [0.25, 0.3) is 0 Å². The Hall–Kier alpha value is 0.270. The molecule has 0 aromatic heterocycles. The molecule has 2 fully saturated rings. The summed E-state index contributed by atoms with van der Waals surface area (Å²) >= 11 is 8.09. The summed E-state index contributed by atoms with van der Waals surface area (Å²) in [6.45, 7) is 7.36. The standard InChI is InChI=1S/C16H28ClNOS/c1-4-18(14-5-7-20-8-6-14)16-10-13(17)9-15(11(16)2)12(3)19/h11,13-16H,4-10H2,1-3H3/p+1. The second-order valence-electron chi connectivity index (χ2n) is 6.44. The zero-order valence-corrected chi connectivity index (χ0v) is 14.7. The molecule has 0 bridgehead atoms. The number of Topliss-reactive ketones (excluding diaryl/α,β-unsaturated/α-hetero) is 1. The van der Waals surface area contributed by atoms with Crippen molar-refractivity contribution in [2.24, 2.45) is 11.8 Å². The fourth-order valence-electron chi connectivity index (χ4n) is 4.14. The van der Waals surface area contributed by atoms with Crippen LogP contribution in [0.4, 0.5) is 0 Å². The number of carbonyl (C=O) groups excluding carboxylic acids is 1. The summed E-state index contributed by atoms with van der Waals surface area (Å²) in [7, 11) is 0. The summed E-state index contributed by atoms with van der Waals surface area (Å²) in [6.07, 6.45) is 4.55. The van der Waals surface area contributed by atoms with E-state index in [1.54, 1.807) is 18.7 Å². The first-order chi connectivity index (χ1) is 9.54. The molecule has 0 spiro atoms. The van der Waals surface area contributed by atoms with Gasteiger partial charge >= 0.3 is 0 Å². The summed E-state index contributed by atoms with van der Waals surface area (Å²) in [4.78, 5) is 14.6. The highest BCUT2D eigenvalue weighted by Gasteiger charge is 2.41. The number of halogens is 1. The van der Waals surface area contributed by atoms with Crippen molar-refractivity contribution >= 4 is 29.1 Å². The molecule has 1 heterocycles. The van der Waals surface area contributed by atoms with E-state index in [-0.39, 0.29) is 11.3 Å². The van der Waals surface area contributed by atoms with Crippen LogP contribution >= 0.6 is 11.6 Å². The van der Waals surface area contributed by atoms with Crippen molar-refractivity contribution in [3.05, 3.63) is 0 Å². The van der Waals surface area contributed by atoms with E-state index in [0.29, 0.717) is 23.8 Å². The molecule has 0 radical (unpaired) electrons. The number of hydrogen-bond acceptors (Lipinski definition) is 2. The third-order valence-corrected chi connectivity index (χ3v) is 6.78. The Bertz CT molecular complexity index is 332. The molecule has 1 saturated carbocycles. The maximum absolute atomic E-state index is 11.9. The van der Waals surface area contributed by atoms with Gasteiger partial charge in [-0.25, -0.2) is 0 Å². The summed E-state index contributed by atoms with van der Waals surface area (Å²) in [5.41, 5.74) is 0. The van der Waals surface area contributed by atoms with E-state index in [1.165, 1.54) is 24.3 Å². The minimum absolute atomic E-state index is 0.159. The molecule has 4 heteroatoms. The van der Waals surface area contributed by atoms with Gasteiger partial charge in [-0.05, 0) is 44.0 Å². The second kappa shape index (κ2) is 7.51. The number of ketones is 1. The smallest absolute Gasteiger partial charge is 0.133 e. The number of carbonyl (C=O) groups is 1. The molecule has 0 N–H and O–H groups in total. The first kappa shape index (κ1) is 16.6. The van der Waals surface area contributed by atoms with Crippen molar-refractivity contribution in [2.45, 2.75) is 63.9 Å². The van der Waals surface area contributed by atoms with Crippen molar-refractivity contribution in [3.8, 4) is 0 Å². The quantitative estimate of drug-likeness (QED) is 0.451. The predicted molar refractivity (Wildman–Crippen MR) is 89.9 cm³/mol. The molecule has 1 aliphatic heterocycles. The number of hydrogen-bond donors (Lipinski definition) is 0. The summed E-state index contributed by atoms with van der Waals surface area (Å²) in [5.74, 6) is 3.60. The van der Waals surface area contributed by atoms with Crippen molar-refractivity contribution in [3.63, 3.8) is 0 Å². The Morgan fingerprint density at radius 3 is 2.50 bits per heavy atom. The molecule has 0 aromatic rings. The van der Waals surface area contributed by atoms with Crippen LogP contribution in [-0.4, -0.2) is 46.2 Å². The molecule has 1 saturated heterocycles. The fraction of sp³-hybridized carbons (Fsp3) is 0.938. The lowest BCUT2D eigenvalue weighted by molar-refractivity contribution is -0.124. The molecular weight excluding hydrogens is 290 g/mol. The van der Waals surface area contributed by atoms with Gasteiger partial charge < -0.3 is 0 Å². The van der Waals surface area contributed by atoms with E-state index in [1.807, 2.05) is 0 Å². The molecule has 4 unspecified atom stereocenters. The molecule has 0 aromatic carbocycles. The summed E-state index contributed by atoms with van der Waals surface area (Å²) in [6, 6.07) is 1.20. The van der Waals surface area contributed by atoms with E-state index in [4.69, 9.17) is 11.6 Å². The number of nitrogens with zero attached hydrogens (tertiary/aromatic N) is 1. The predicted octanol–water partition coefficient (Wildman–Crippen LogP) is 2.90. The molecule has 2 aliphatic rings. The molecule has 20 heavy (non-hydrogen) atoms. The van der Waals surface area contributed by atoms with Crippen LogP contribution in [0.5, 0.6) is 0 Å². The van der Waals surface area contributed by atoms with Gasteiger partial charge in [-0.2, -0.15) is 0 Å². The molecule has 1 aliphatic carbocycles. The molecule has 0 amide bonds. The first-order valence-corrected chi connectivity index (χ1v) is 9.78. The Morgan fingerprint density at radius 2 is 1.95 bits per heavy atom. The Kier molecular flexibility index (Phi) is 6.25. The zero-order chi connectivity index (χ0) is 14.7. The molecular formula is C16H29ClNOS+. The average Bonchev–Trinajstić information content (AvgIpc) is 2.44. The van der Waals surface area contributed by atoms with Crippen LogP contribution in [-0.2, 0) is 16.6 Å². The van der Waals surface area contributed by atoms with Crippen LogP contribution in [0.3, 0.4) is 0 Å². The van der Waals surface area contributed by atoms with Crippen LogP contribution in [0.2, 0.25) is 0 Å². The number of alkyl halides is 1. The van der Waals surface area contributed by atoms with E-state index in [0.717, 1.165) is 19.4 Å². The number of rotatable bonds is 4. The summed E-state index contributed by atoms with van der Waals surface area (Å²) in [5, 5.41) is 0.167. The summed E-state index contributed by atoms with van der Waals surface area (Å²) < 4.78 is 0. The highest BCUT2D eigenvalue weighted by Crippen LogP contribution is 2.38. The first-order valence-electron chi connectivity index (χ1n) is 8.08. The lowest BCUT2D eigenvalue weighted by Gasteiger charge is -2.46. The van der Waals surface area contributed by atoms with E-state index in [2.05, 4.69) is 18.7 Å². The molecule has 2 nitrogen and oxygen atoms in total. The van der Waals surface area contributed by atoms with Gasteiger partial charge in [0.15, 0.2) is 0 Å². The van der Waals surface area contributed by atoms with Gasteiger partial charge in [-0.1, -0.05) is 13.8 Å². The third-order valence-electron chi connectivity index (χ3n) is 5.27. The lowest BCUT2D eigenvalue weighted by atomic mass is 9.73. The topological polar surface area (TPSA) is 20.3 Å². The highest BCUT2D eigenvalue weighted by atomic mass is 35.5. The van der Waals surface area contributed by atoms with Gasteiger partial charge in [0.1, 0.15) is 17.3 Å². The van der Waals surface area contributed by atoms with Gasteiger partial charge in [-0.15, -0.1) is 11.6 Å². The largest absolute Gasteiger partial charge is 0.300 e. The van der Waals surface area contributed by atoms with Crippen molar-refractivity contribution < 1.29 is 4.79 Å². The van der Waals surface area contributed by atoms with Gasteiger partial charge in [-0.3, -0.25) is 9.69 Å². The van der Waals surface area contributed by atoms with Crippen molar-refractivity contribution in [1.82, 2.24) is 4.90 Å². The number of thiol groups is 1. The van der Waals surface area contributed by atoms with Gasteiger partial charge in [0.25, 0.3) is 0 Å². The second-order valence-corrected chi connectivity index (χ2v) is 8.40. The molecule has 4 atom stereocenters. The monoisotopic (exact) mass is 318 g/mol. The van der Waals surface area contributed by atoms with E-state index in [9.17, 15) is 4.79 Å². The van der Waals surface area contributed by atoms with Crippen LogP contribution in [0.1, 0.15) is 46.5 Å². The maximum Gasteiger partial charge on any atom is 0.133 e. The lowest BCUT2D eigenvalue weighted by Crippen LogP contribution is -2.53. The molecule has 2 rings (SSSR count). The zero-order valence-electron chi connectivity index (χ0n) is 13.0. The minimum Gasteiger partial charge on any atom is -0.300 e. The third kappa shape index (κ3) is 3.72. The van der Waals surface area contributed by atoms with Crippen LogP contribution in [0.15, 0.2) is 0 Å². The average molecular weight is 319 g/mol. The maximum atomic E-state index is 11.9. The van der Waals surface area contributed by atoms with Gasteiger partial charge in [0.2, 0.25) is 0 Å².